The van der Waals surface area contributed by atoms with Gasteiger partial charge in [0.2, 0.25) is 15.9 Å². The van der Waals surface area contributed by atoms with Crippen LogP contribution in [-0.4, -0.2) is 45.1 Å². The summed E-state index contributed by atoms with van der Waals surface area (Å²) in [6, 6.07) is 14.1. The number of anilines is 1. The number of nitrogens with zero attached hydrogens (tertiary/aromatic N) is 2. The van der Waals surface area contributed by atoms with E-state index in [2.05, 4.69) is 34.5 Å². The molecule has 174 valence electrons. The van der Waals surface area contributed by atoms with E-state index in [1.807, 2.05) is 32.0 Å². The fraction of sp³-hybridized carbons (Fsp3) is 0.480. The highest BCUT2D eigenvalue weighted by Gasteiger charge is 2.18. The van der Waals surface area contributed by atoms with Crippen molar-refractivity contribution in [2.24, 2.45) is 0 Å². The van der Waals surface area contributed by atoms with Crippen molar-refractivity contribution in [1.29, 1.82) is 0 Å². The van der Waals surface area contributed by atoms with E-state index < -0.39 is 10.0 Å². The van der Waals surface area contributed by atoms with Crippen LogP contribution in [0.3, 0.4) is 0 Å². The first-order valence-electron chi connectivity index (χ1n) is 11.3. The van der Waals surface area contributed by atoms with Crippen molar-refractivity contribution < 1.29 is 13.2 Å². The summed E-state index contributed by atoms with van der Waals surface area (Å²) in [6.07, 6.45) is 4.52. The third kappa shape index (κ3) is 7.35. The smallest absolute Gasteiger partial charge is 0.232 e. The number of benzene rings is 2. The summed E-state index contributed by atoms with van der Waals surface area (Å²) in [6.45, 7) is 8.00. The van der Waals surface area contributed by atoms with Crippen molar-refractivity contribution >= 4 is 21.6 Å². The van der Waals surface area contributed by atoms with Crippen LogP contribution >= 0.6 is 0 Å². The van der Waals surface area contributed by atoms with Gasteiger partial charge in [-0.3, -0.25) is 14.0 Å². The monoisotopic (exact) mass is 457 g/mol. The molecule has 6 nitrogen and oxygen atoms in total. The van der Waals surface area contributed by atoms with Crippen molar-refractivity contribution in [3.05, 3.63) is 64.7 Å². The van der Waals surface area contributed by atoms with Gasteiger partial charge in [0.05, 0.1) is 11.9 Å². The summed E-state index contributed by atoms with van der Waals surface area (Å²) in [4.78, 5) is 14.8. The van der Waals surface area contributed by atoms with Crippen LogP contribution in [0.25, 0.3) is 0 Å². The van der Waals surface area contributed by atoms with Crippen LogP contribution in [0.4, 0.5) is 5.69 Å². The number of amides is 1. The number of carbonyl (C=O) groups excluding carboxylic acids is 1. The molecule has 32 heavy (non-hydrogen) atoms. The summed E-state index contributed by atoms with van der Waals surface area (Å²) < 4.78 is 26.0. The molecule has 2 aromatic rings. The number of sulfonamides is 1. The molecule has 0 aliphatic carbocycles. The van der Waals surface area contributed by atoms with Gasteiger partial charge in [0, 0.05) is 26.1 Å². The van der Waals surface area contributed by atoms with Gasteiger partial charge in [0.15, 0.2) is 0 Å². The van der Waals surface area contributed by atoms with Crippen molar-refractivity contribution in [2.45, 2.75) is 52.6 Å². The molecular weight excluding hydrogens is 422 g/mol. The van der Waals surface area contributed by atoms with Gasteiger partial charge < -0.3 is 5.32 Å². The average Bonchev–Trinajstić information content (AvgIpc) is 3.22. The summed E-state index contributed by atoms with van der Waals surface area (Å²) in [5.74, 6) is -0.0694. The zero-order valence-electron chi connectivity index (χ0n) is 19.4. The zero-order valence-corrected chi connectivity index (χ0v) is 20.2. The fourth-order valence-electron chi connectivity index (χ4n) is 4.21. The first-order chi connectivity index (χ1) is 15.2. The number of aryl methyl sites for hydroxylation is 2. The Balaban J connectivity index is 1.46. The lowest BCUT2D eigenvalue weighted by atomic mass is 10.1. The van der Waals surface area contributed by atoms with Crippen LogP contribution in [0.1, 0.15) is 47.9 Å². The van der Waals surface area contributed by atoms with Gasteiger partial charge in [-0.15, -0.1) is 0 Å². The molecule has 0 saturated carbocycles. The molecule has 1 saturated heterocycles. The number of hydrogen-bond donors (Lipinski definition) is 1. The molecule has 0 bridgehead atoms. The third-order valence-corrected chi connectivity index (χ3v) is 6.97. The summed E-state index contributed by atoms with van der Waals surface area (Å²) in [5.41, 5.74) is 5.04. The molecule has 0 aromatic heterocycles. The number of hydrogen-bond acceptors (Lipinski definition) is 4. The Labute approximate surface area is 192 Å². The first-order valence-corrected chi connectivity index (χ1v) is 13.2. The maximum Gasteiger partial charge on any atom is 0.232 e. The van der Waals surface area contributed by atoms with Crippen LogP contribution in [0.5, 0.6) is 0 Å². The third-order valence-electron chi connectivity index (χ3n) is 5.78. The fourth-order valence-corrected chi connectivity index (χ4v) is 5.16. The molecule has 0 atom stereocenters. The van der Waals surface area contributed by atoms with Crippen LogP contribution < -0.4 is 9.62 Å². The Morgan fingerprint density at radius 2 is 1.59 bits per heavy atom. The molecule has 0 radical (unpaired) electrons. The van der Waals surface area contributed by atoms with E-state index in [1.165, 1.54) is 42.1 Å². The van der Waals surface area contributed by atoms with Crippen LogP contribution in [-0.2, 0) is 27.9 Å². The lowest BCUT2D eigenvalue weighted by Crippen LogP contribution is -2.32. The predicted octanol–water partition coefficient (Wildman–Crippen LogP) is 3.76. The highest BCUT2D eigenvalue weighted by atomic mass is 32.2. The molecule has 2 aromatic carbocycles. The second-order valence-electron chi connectivity index (χ2n) is 8.86. The van der Waals surface area contributed by atoms with E-state index in [4.69, 9.17) is 0 Å². The van der Waals surface area contributed by atoms with Gasteiger partial charge in [-0.1, -0.05) is 30.3 Å². The molecule has 7 heteroatoms. The molecule has 1 aliphatic rings. The second-order valence-corrected chi connectivity index (χ2v) is 10.8. The average molecular weight is 458 g/mol. The minimum absolute atomic E-state index is 0.0694. The summed E-state index contributed by atoms with van der Waals surface area (Å²) in [5, 5.41) is 2.94. The molecule has 1 heterocycles. The Hall–Kier alpha value is -2.38. The van der Waals surface area contributed by atoms with Gasteiger partial charge in [-0.25, -0.2) is 8.42 Å². The lowest BCUT2D eigenvalue weighted by molar-refractivity contribution is -0.121. The molecule has 1 fully saturated rings. The standard InChI is InChI=1S/C25H35N3O3S/c1-20-15-21(2)17-24(16-20)28(32(3,30)31)14-6-7-25(29)26-18-22-8-10-23(11-9-22)19-27-12-4-5-13-27/h8-11,15-17H,4-7,12-14,18-19H2,1-3H3,(H,26,29). The van der Waals surface area contributed by atoms with Crippen LogP contribution in [0.2, 0.25) is 0 Å². The SMILES string of the molecule is Cc1cc(C)cc(N(CCCC(=O)NCc2ccc(CN3CCCC3)cc2)S(C)(=O)=O)c1. The molecule has 1 N–H and O–H groups in total. The van der Waals surface area contributed by atoms with E-state index in [0.717, 1.165) is 23.2 Å². The minimum atomic E-state index is -3.42. The number of carbonyl (C=O) groups is 1. The van der Waals surface area contributed by atoms with E-state index in [-0.39, 0.29) is 18.9 Å². The largest absolute Gasteiger partial charge is 0.352 e. The quantitative estimate of drug-likeness (QED) is 0.590. The molecule has 0 spiro atoms. The van der Waals surface area contributed by atoms with E-state index in [9.17, 15) is 13.2 Å². The van der Waals surface area contributed by atoms with Crippen molar-refractivity contribution in [3.63, 3.8) is 0 Å². The Bertz CT molecular complexity index is 993. The maximum atomic E-state index is 12.3. The summed E-state index contributed by atoms with van der Waals surface area (Å²) >= 11 is 0. The highest BCUT2D eigenvalue weighted by Crippen LogP contribution is 2.22. The van der Waals surface area contributed by atoms with Crippen molar-refractivity contribution in [2.75, 3.05) is 30.2 Å². The topological polar surface area (TPSA) is 69.7 Å². The van der Waals surface area contributed by atoms with Gasteiger partial charge in [0.25, 0.3) is 0 Å². The van der Waals surface area contributed by atoms with E-state index in [1.54, 1.807) is 0 Å². The number of nitrogens with one attached hydrogen (secondary N) is 1. The van der Waals surface area contributed by atoms with Crippen molar-refractivity contribution in [1.82, 2.24) is 10.2 Å². The molecular formula is C25H35N3O3S. The minimum Gasteiger partial charge on any atom is -0.352 e. The zero-order chi connectivity index (χ0) is 23.1. The van der Waals surface area contributed by atoms with Gasteiger partial charge in [-0.05, 0) is 80.6 Å². The normalized spacial score (nSPS) is 14.5. The molecule has 3 rings (SSSR count). The number of likely N-dealkylation sites (tertiary alicyclic amines) is 1. The van der Waals surface area contributed by atoms with Gasteiger partial charge in [-0.2, -0.15) is 0 Å². The second kappa shape index (κ2) is 11.0. The maximum absolute atomic E-state index is 12.3. The molecule has 0 unspecified atom stereocenters. The van der Waals surface area contributed by atoms with E-state index >= 15 is 0 Å². The highest BCUT2D eigenvalue weighted by molar-refractivity contribution is 7.92. The lowest BCUT2D eigenvalue weighted by Gasteiger charge is -2.23. The molecule has 1 amide bonds. The van der Waals surface area contributed by atoms with Crippen molar-refractivity contribution in [3.8, 4) is 0 Å². The Morgan fingerprint density at radius 1 is 1.00 bits per heavy atom. The van der Waals surface area contributed by atoms with Crippen LogP contribution in [0, 0.1) is 13.8 Å². The van der Waals surface area contributed by atoms with Crippen LogP contribution in [0.15, 0.2) is 42.5 Å². The molecule has 1 aliphatic heterocycles. The number of rotatable bonds is 10. The van der Waals surface area contributed by atoms with E-state index in [0.29, 0.717) is 18.7 Å². The predicted molar refractivity (Wildman–Crippen MR) is 130 cm³/mol. The Kier molecular flexibility index (Phi) is 8.32. The Morgan fingerprint density at radius 3 is 2.19 bits per heavy atom. The van der Waals surface area contributed by atoms with Gasteiger partial charge >= 0.3 is 0 Å². The van der Waals surface area contributed by atoms with Gasteiger partial charge in [0.1, 0.15) is 0 Å². The summed E-state index contributed by atoms with van der Waals surface area (Å²) in [7, 11) is -3.42. The first kappa shape index (κ1) is 24.3.